The summed E-state index contributed by atoms with van der Waals surface area (Å²) >= 11 is 0. The molecule has 92 valence electrons. The lowest BCUT2D eigenvalue weighted by Gasteiger charge is -2.40. The molecule has 1 aromatic carbocycles. The van der Waals surface area contributed by atoms with Gasteiger partial charge in [0.1, 0.15) is 0 Å². The number of amides is 2. The van der Waals surface area contributed by atoms with Crippen LogP contribution in [0, 0.1) is 0 Å². The zero-order chi connectivity index (χ0) is 12.5. The van der Waals surface area contributed by atoms with E-state index < -0.39 is 6.03 Å². The van der Waals surface area contributed by atoms with E-state index in [1.54, 1.807) is 18.2 Å². The van der Waals surface area contributed by atoms with E-state index in [-0.39, 0.29) is 5.54 Å². The lowest BCUT2D eigenvalue weighted by atomic mass is 10.00. The number of carbonyl (C=O) groups excluding carboxylic acids is 1. The van der Waals surface area contributed by atoms with Crippen LogP contribution in [-0.2, 0) is 4.74 Å². The number of nitrogens with two attached hydrogens (primary N) is 2. The Hall–Kier alpha value is -1.95. The van der Waals surface area contributed by atoms with Crippen molar-refractivity contribution in [1.82, 2.24) is 0 Å². The second-order valence-corrected chi connectivity index (χ2v) is 4.47. The summed E-state index contributed by atoms with van der Waals surface area (Å²) in [7, 11) is 0. The Balaban J connectivity index is 2.17. The highest BCUT2D eigenvalue weighted by atomic mass is 16.5. The highest BCUT2D eigenvalue weighted by Gasteiger charge is 2.33. The van der Waals surface area contributed by atoms with Crippen molar-refractivity contribution >= 4 is 23.1 Å². The van der Waals surface area contributed by atoms with Crippen molar-refractivity contribution in [3.8, 4) is 0 Å². The maximum Gasteiger partial charge on any atom is 0.316 e. The quantitative estimate of drug-likeness (QED) is 0.587. The van der Waals surface area contributed by atoms with E-state index in [1.165, 1.54) is 0 Å². The van der Waals surface area contributed by atoms with E-state index >= 15 is 0 Å². The van der Waals surface area contributed by atoms with Crippen molar-refractivity contribution in [2.75, 3.05) is 29.6 Å². The molecule has 6 N–H and O–H groups in total. The van der Waals surface area contributed by atoms with Gasteiger partial charge in [-0.05, 0) is 25.1 Å². The van der Waals surface area contributed by atoms with Crippen molar-refractivity contribution in [2.24, 2.45) is 5.73 Å². The number of anilines is 3. The number of hydrogen-bond acceptors (Lipinski definition) is 4. The lowest BCUT2D eigenvalue weighted by Crippen LogP contribution is -2.53. The van der Waals surface area contributed by atoms with Gasteiger partial charge in [0.25, 0.3) is 0 Å². The summed E-state index contributed by atoms with van der Waals surface area (Å²) in [6.45, 7) is 3.32. The molecule has 0 unspecified atom stereocenters. The van der Waals surface area contributed by atoms with Crippen molar-refractivity contribution in [1.29, 1.82) is 0 Å². The average molecular weight is 236 g/mol. The van der Waals surface area contributed by atoms with Gasteiger partial charge in [-0.3, -0.25) is 0 Å². The highest BCUT2D eigenvalue weighted by molar-refractivity contribution is 5.89. The molecule has 17 heavy (non-hydrogen) atoms. The molecule has 2 amide bonds. The van der Waals surface area contributed by atoms with Crippen LogP contribution in [0.4, 0.5) is 21.9 Å². The minimum absolute atomic E-state index is 0.0978. The maximum absolute atomic E-state index is 10.8. The molecule has 1 aliphatic heterocycles. The van der Waals surface area contributed by atoms with Crippen molar-refractivity contribution in [3.63, 3.8) is 0 Å². The topological polar surface area (TPSA) is 102 Å². The van der Waals surface area contributed by atoms with E-state index in [1.807, 2.05) is 6.92 Å². The Kier molecular flexibility index (Phi) is 2.81. The molecule has 1 heterocycles. The Bertz CT molecular complexity index is 443. The fourth-order valence-corrected chi connectivity index (χ4v) is 1.69. The van der Waals surface area contributed by atoms with Crippen LogP contribution in [0.1, 0.15) is 6.92 Å². The smallest absolute Gasteiger partial charge is 0.316 e. The summed E-state index contributed by atoms with van der Waals surface area (Å²) in [6.07, 6.45) is 0. The number of nitrogens with one attached hydrogen (secondary N) is 2. The third kappa shape index (κ3) is 2.59. The normalized spacial score (nSPS) is 17.0. The summed E-state index contributed by atoms with van der Waals surface area (Å²) in [5.74, 6) is 0. The van der Waals surface area contributed by atoms with Gasteiger partial charge in [0, 0.05) is 5.69 Å². The summed E-state index contributed by atoms with van der Waals surface area (Å²) in [6, 6.07) is 4.57. The monoisotopic (exact) mass is 236 g/mol. The average Bonchev–Trinajstić information content (AvgIpc) is 2.20. The van der Waals surface area contributed by atoms with Crippen LogP contribution in [0.2, 0.25) is 0 Å². The van der Waals surface area contributed by atoms with Crippen LogP contribution in [0.5, 0.6) is 0 Å². The standard InChI is InChI=1S/C11H16N4O2/c1-11(5-17-6-11)15-9-4-7(14-10(13)16)2-3-8(9)12/h2-4,15H,5-6,12H2,1H3,(H3,13,14,16). The van der Waals surface area contributed by atoms with Gasteiger partial charge >= 0.3 is 6.03 Å². The minimum Gasteiger partial charge on any atom is -0.397 e. The maximum atomic E-state index is 10.8. The van der Waals surface area contributed by atoms with Gasteiger partial charge in [0.15, 0.2) is 0 Å². The number of rotatable bonds is 3. The summed E-state index contributed by atoms with van der Waals surface area (Å²) < 4.78 is 5.15. The molecule has 1 aromatic rings. The van der Waals surface area contributed by atoms with Gasteiger partial charge in [0.2, 0.25) is 0 Å². The first-order valence-corrected chi connectivity index (χ1v) is 5.30. The fraction of sp³-hybridized carbons (Fsp3) is 0.364. The van der Waals surface area contributed by atoms with Crippen LogP contribution in [0.25, 0.3) is 0 Å². The molecule has 0 atom stereocenters. The van der Waals surface area contributed by atoms with E-state index in [9.17, 15) is 4.79 Å². The Labute approximate surface area is 99.3 Å². The molecular formula is C11H16N4O2. The largest absolute Gasteiger partial charge is 0.397 e. The van der Waals surface area contributed by atoms with Gasteiger partial charge in [-0.25, -0.2) is 4.79 Å². The Morgan fingerprint density at radius 1 is 1.47 bits per heavy atom. The Morgan fingerprint density at radius 2 is 2.18 bits per heavy atom. The molecule has 2 rings (SSSR count). The van der Waals surface area contributed by atoms with Crippen LogP contribution in [-0.4, -0.2) is 24.8 Å². The first kappa shape index (κ1) is 11.5. The van der Waals surface area contributed by atoms with Gasteiger partial charge in [-0.15, -0.1) is 0 Å². The molecule has 1 fully saturated rings. The number of benzene rings is 1. The third-order valence-electron chi connectivity index (χ3n) is 2.60. The number of nitrogen functional groups attached to an aromatic ring is 1. The second kappa shape index (κ2) is 4.14. The summed E-state index contributed by atoms with van der Waals surface area (Å²) in [5, 5.41) is 5.80. The van der Waals surface area contributed by atoms with Crippen molar-refractivity contribution < 1.29 is 9.53 Å². The van der Waals surface area contributed by atoms with E-state index in [4.69, 9.17) is 16.2 Å². The molecule has 1 saturated heterocycles. The number of urea groups is 1. The SMILES string of the molecule is CC1(Nc2cc(NC(N)=O)ccc2N)COC1. The van der Waals surface area contributed by atoms with E-state index in [0.717, 1.165) is 5.69 Å². The van der Waals surface area contributed by atoms with Gasteiger partial charge in [0.05, 0.1) is 30.1 Å². The van der Waals surface area contributed by atoms with Crippen LogP contribution < -0.4 is 22.1 Å². The van der Waals surface area contributed by atoms with Crippen LogP contribution in [0.15, 0.2) is 18.2 Å². The van der Waals surface area contributed by atoms with Gasteiger partial charge < -0.3 is 26.8 Å². The molecular weight excluding hydrogens is 220 g/mol. The van der Waals surface area contributed by atoms with Crippen LogP contribution in [0.3, 0.4) is 0 Å². The molecule has 0 aromatic heterocycles. The van der Waals surface area contributed by atoms with E-state index in [2.05, 4.69) is 10.6 Å². The predicted octanol–water partition coefficient (Wildman–Crippen LogP) is 0.960. The predicted molar refractivity (Wildman–Crippen MR) is 66.9 cm³/mol. The van der Waals surface area contributed by atoms with Crippen LogP contribution >= 0.6 is 0 Å². The zero-order valence-corrected chi connectivity index (χ0v) is 9.62. The fourth-order valence-electron chi connectivity index (χ4n) is 1.69. The van der Waals surface area contributed by atoms with Crippen molar-refractivity contribution in [2.45, 2.75) is 12.5 Å². The second-order valence-electron chi connectivity index (χ2n) is 4.47. The molecule has 0 spiro atoms. The molecule has 0 bridgehead atoms. The van der Waals surface area contributed by atoms with Gasteiger partial charge in [-0.1, -0.05) is 0 Å². The molecule has 1 aliphatic rings. The number of primary amides is 1. The first-order chi connectivity index (χ1) is 7.98. The molecule has 0 saturated carbocycles. The van der Waals surface area contributed by atoms with Crippen molar-refractivity contribution in [3.05, 3.63) is 18.2 Å². The highest BCUT2D eigenvalue weighted by Crippen LogP contribution is 2.29. The van der Waals surface area contributed by atoms with Gasteiger partial charge in [-0.2, -0.15) is 0 Å². The molecule has 0 aliphatic carbocycles. The summed E-state index contributed by atoms with van der Waals surface area (Å²) in [5.41, 5.74) is 12.8. The molecule has 6 heteroatoms. The molecule has 6 nitrogen and oxygen atoms in total. The number of carbonyl (C=O) groups is 1. The lowest BCUT2D eigenvalue weighted by molar-refractivity contribution is -0.0317. The Morgan fingerprint density at radius 3 is 2.71 bits per heavy atom. The molecule has 0 radical (unpaired) electrons. The minimum atomic E-state index is -0.598. The first-order valence-electron chi connectivity index (χ1n) is 5.30. The van der Waals surface area contributed by atoms with E-state index in [0.29, 0.717) is 24.6 Å². The summed E-state index contributed by atoms with van der Waals surface area (Å²) in [4.78, 5) is 10.8. The zero-order valence-electron chi connectivity index (χ0n) is 9.62. The number of hydrogen-bond donors (Lipinski definition) is 4. The number of ether oxygens (including phenoxy) is 1. The third-order valence-corrected chi connectivity index (χ3v) is 2.60.